The molecular formula is C14H20N2O2. The molecule has 0 aromatic heterocycles. The van der Waals surface area contributed by atoms with Gasteiger partial charge in [-0.15, -0.1) is 0 Å². The Kier molecular flexibility index (Phi) is 4.89. The van der Waals surface area contributed by atoms with E-state index in [-0.39, 0.29) is 17.9 Å². The van der Waals surface area contributed by atoms with Crippen LogP contribution in [0.15, 0.2) is 36.1 Å². The first-order chi connectivity index (χ1) is 8.49. The van der Waals surface area contributed by atoms with E-state index in [1.807, 2.05) is 39.0 Å². The Morgan fingerprint density at radius 2 is 1.94 bits per heavy atom. The molecule has 1 N–H and O–H groups in total. The van der Waals surface area contributed by atoms with Crippen LogP contribution >= 0.6 is 0 Å². The smallest absolute Gasteiger partial charge is 0.325 e. The van der Waals surface area contributed by atoms with E-state index in [1.54, 1.807) is 19.1 Å². The van der Waals surface area contributed by atoms with E-state index in [0.29, 0.717) is 5.70 Å². The van der Waals surface area contributed by atoms with Crippen LogP contribution in [0.1, 0.15) is 27.7 Å². The van der Waals surface area contributed by atoms with Crippen molar-refractivity contribution >= 4 is 11.9 Å². The fourth-order valence-corrected chi connectivity index (χ4v) is 1.73. The summed E-state index contributed by atoms with van der Waals surface area (Å²) in [6, 6.07) is -0.757. The Bertz CT molecular complexity index is 420. The molecule has 1 aliphatic heterocycles. The van der Waals surface area contributed by atoms with Crippen molar-refractivity contribution in [1.82, 2.24) is 10.2 Å². The predicted molar refractivity (Wildman–Crippen MR) is 71.7 cm³/mol. The molecule has 0 bridgehead atoms. The third kappa shape index (κ3) is 3.09. The molecule has 98 valence electrons. The second kappa shape index (κ2) is 6.19. The molecule has 0 saturated carbocycles. The topological polar surface area (TPSA) is 49.4 Å². The van der Waals surface area contributed by atoms with Gasteiger partial charge in [0.05, 0.1) is 0 Å². The molecule has 4 heteroatoms. The van der Waals surface area contributed by atoms with Crippen LogP contribution in [0, 0.1) is 5.92 Å². The van der Waals surface area contributed by atoms with Crippen LogP contribution in [-0.2, 0) is 4.79 Å². The van der Waals surface area contributed by atoms with Gasteiger partial charge in [0.15, 0.2) is 0 Å². The lowest BCUT2D eigenvalue weighted by Gasteiger charge is -2.14. The fourth-order valence-electron chi connectivity index (χ4n) is 1.73. The molecule has 18 heavy (non-hydrogen) atoms. The van der Waals surface area contributed by atoms with Crippen molar-refractivity contribution in [2.24, 2.45) is 5.92 Å². The summed E-state index contributed by atoms with van der Waals surface area (Å²) in [5.41, 5.74) is 0.626. The summed E-state index contributed by atoms with van der Waals surface area (Å²) in [6.07, 6.45) is 9.19. The van der Waals surface area contributed by atoms with E-state index in [2.05, 4.69) is 5.32 Å². The van der Waals surface area contributed by atoms with Gasteiger partial charge in [-0.2, -0.15) is 0 Å². The maximum Gasteiger partial charge on any atom is 0.329 e. The van der Waals surface area contributed by atoms with Gasteiger partial charge in [0.25, 0.3) is 5.91 Å². The van der Waals surface area contributed by atoms with Gasteiger partial charge in [0, 0.05) is 5.70 Å². The van der Waals surface area contributed by atoms with Crippen LogP contribution in [-0.4, -0.2) is 22.9 Å². The number of rotatable bonds is 4. The molecule has 1 fully saturated rings. The lowest BCUT2D eigenvalue weighted by Crippen LogP contribution is -2.34. The monoisotopic (exact) mass is 248 g/mol. The van der Waals surface area contributed by atoms with Gasteiger partial charge in [-0.25, -0.2) is 9.69 Å². The maximum absolute atomic E-state index is 12.1. The van der Waals surface area contributed by atoms with Crippen LogP contribution in [0.2, 0.25) is 0 Å². The number of nitrogens with one attached hydrogen (secondary N) is 1. The number of nitrogens with zero attached hydrogens (tertiary/aromatic N) is 1. The molecule has 1 atom stereocenters. The van der Waals surface area contributed by atoms with Gasteiger partial charge in [-0.05, 0) is 25.8 Å². The number of urea groups is 1. The number of carbonyl (C=O) groups excluding carboxylic acids is 2. The second-order valence-electron chi connectivity index (χ2n) is 4.56. The Balaban J connectivity index is 2.83. The van der Waals surface area contributed by atoms with E-state index in [4.69, 9.17) is 0 Å². The molecule has 0 aromatic carbocycles. The minimum atomic E-state index is -0.416. The molecule has 4 nitrogen and oxygen atoms in total. The van der Waals surface area contributed by atoms with Gasteiger partial charge in [-0.3, -0.25) is 4.79 Å². The van der Waals surface area contributed by atoms with E-state index in [9.17, 15) is 9.59 Å². The van der Waals surface area contributed by atoms with Crippen molar-refractivity contribution in [3.8, 4) is 0 Å². The Morgan fingerprint density at radius 3 is 2.44 bits per heavy atom. The number of imide groups is 1. The summed E-state index contributed by atoms with van der Waals surface area (Å²) >= 11 is 0. The molecule has 1 rings (SSSR count). The molecule has 0 aliphatic carbocycles. The van der Waals surface area contributed by atoms with Gasteiger partial charge in [0.2, 0.25) is 0 Å². The van der Waals surface area contributed by atoms with Gasteiger partial charge >= 0.3 is 6.03 Å². The Hall–Kier alpha value is -1.84. The first-order valence-corrected chi connectivity index (χ1v) is 6.09. The van der Waals surface area contributed by atoms with Crippen molar-refractivity contribution in [1.29, 1.82) is 0 Å². The number of carbonyl (C=O) groups is 2. The number of hydrogen-bond acceptors (Lipinski definition) is 2. The molecule has 1 heterocycles. The fraction of sp³-hybridized carbons (Fsp3) is 0.429. The zero-order valence-corrected chi connectivity index (χ0v) is 11.3. The van der Waals surface area contributed by atoms with E-state index in [1.165, 1.54) is 4.90 Å². The SMILES string of the molecule is C\C=C/C=C\C=C(/C)N1C(=O)NC(C(C)C)C1=O. The summed E-state index contributed by atoms with van der Waals surface area (Å²) in [7, 11) is 0. The average Bonchev–Trinajstić information content (AvgIpc) is 2.60. The van der Waals surface area contributed by atoms with Crippen LogP contribution in [0.4, 0.5) is 4.79 Å². The third-order valence-electron chi connectivity index (χ3n) is 2.74. The van der Waals surface area contributed by atoms with Crippen LogP contribution in [0.25, 0.3) is 0 Å². The van der Waals surface area contributed by atoms with Crippen molar-refractivity contribution in [3.05, 3.63) is 36.1 Å². The maximum atomic E-state index is 12.1. The van der Waals surface area contributed by atoms with Crippen molar-refractivity contribution in [3.63, 3.8) is 0 Å². The summed E-state index contributed by atoms with van der Waals surface area (Å²) in [5, 5.41) is 2.69. The first kappa shape index (κ1) is 14.2. The second-order valence-corrected chi connectivity index (χ2v) is 4.56. The zero-order valence-electron chi connectivity index (χ0n) is 11.3. The molecule has 1 unspecified atom stereocenters. The highest BCUT2D eigenvalue weighted by Crippen LogP contribution is 2.18. The van der Waals surface area contributed by atoms with E-state index >= 15 is 0 Å². The van der Waals surface area contributed by atoms with Crippen LogP contribution < -0.4 is 5.32 Å². The lowest BCUT2D eigenvalue weighted by molar-refractivity contribution is -0.126. The number of amides is 3. The highest BCUT2D eigenvalue weighted by Gasteiger charge is 2.40. The summed E-state index contributed by atoms with van der Waals surface area (Å²) in [4.78, 5) is 25.0. The molecule has 3 amide bonds. The van der Waals surface area contributed by atoms with Gasteiger partial charge < -0.3 is 5.32 Å². The highest BCUT2D eigenvalue weighted by molar-refractivity contribution is 6.05. The minimum absolute atomic E-state index is 0.0952. The van der Waals surface area contributed by atoms with E-state index < -0.39 is 6.04 Å². The van der Waals surface area contributed by atoms with Crippen molar-refractivity contribution < 1.29 is 9.59 Å². The highest BCUT2D eigenvalue weighted by atomic mass is 16.2. The summed E-state index contributed by atoms with van der Waals surface area (Å²) < 4.78 is 0. The molecule has 1 saturated heterocycles. The van der Waals surface area contributed by atoms with Gasteiger partial charge in [0.1, 0.15) is 6.04 Å². The number of hydrogen-bond donors (Lipinski definition) is 1. The summed E-state index contributed by atoms with van der Waals surface area (Å²) in [5.74, 6) is -0.0824. The molecule has 0 spiro atoms. The average molecular weight is 248 g/mol. The molecule has 1 aliphatic rings. The van der Waals surface area contributed by atoms with E-state index in [0.717, 1.165) is 0 Å². The third-order valence-corrected chi connectivity index (χ3v) is 2.74. The van der Waals surface area contributed by atoms with Crippen molar-refractivity contribution in [2.75, 3.05) is 0 Å². The Morgan fingerprint density at radius 1 is 1.28 bits per heavy atom. The van der Waals surface area contributed by atoms with Crippen molar-refractivity contribution in [2.45, 2.75) is 33.7 Å². The first-order valence-electron chi connectivity index (χ1n) is 6.09. The van der Waals surface area contributed by atoms with Crippen LogP contribution in [0.3, 0.4) is 0 Å². The Labute approximate surface area is 108 Å². The zero-order chi connectivity index (χ0) is 13.7. The normalized spacial score (nSPS) is 21.7. The molecule has 0 aromatic rings. The summed E-state index contributed by atoms with van der Waals surface area (Å²) in [6.45, 7) is 7.50. The largest absolute Gasteiger partial charge is 0.329 e. The predicted octanol–water partition coefficient (Wildman–Crippen LogP) is 2.60. The standard InChI is InChI=1S/C14H20N2O2/c1-5-6-7-8-9-11(4)16-13(17)12(10(2)3)15-14(16)18/h5-10,12H,1-4H3,(H,15,18)/b6-5-,8-7-,11-9+. The quantitative estimate of drug-likeness (QED) is 0.614. The van der Waals surface area contributed by atoms with Crippen LogP contribution in [0.5, 0.6) is 0 Å². The van der Waals surface area contributed by atoms with Gasteiger partial charge in [-0.1, -0.05) is 38.2 Å². The molecular weight excluding hydrogens is 228 g/mol. The minimum Gasteiger partial charge on any atom is -0.325 e. The lowest BCUT2D eigenvalue weighted by atomic mass is 10.1. The number of allylic oxidation sites excluding steroid dienone is 6. The molecule has 0 radical (unpaired) electrons.